The van der Waals surface area contributed by atoms with Crippen LogP contribution in [0.3, 0.4) is 0 Å². The molecule has 2 N–H and O–H groups in total. The zero-order chi connectivity index (χ0) is 11.7. The number of rotatable bonds is 2. The first-order valence-corrected chi connectivity index (χ1v) is 5.81. The molecule has 0 saturated carbocycles. The van der Waals surface area contributed by atoms with E-state index in [0.29, 0.717) is 11.7 Å². The van der Waals surface area contributed by atoms with Crippen molar-refractivity contribution >= 4 is 16.7 Å². The van der Waals surface area contributed by atoms with Gasteiger partial charge in [-0.3, -0.25) is 0 Å². The number of fused-ring (bicyclic) bond motifs is 1. The van der Waals surface area contributed by atoms with Gasteiger partial charge in [0.05, 0.1) is 5.52 Å². The Labute approximate surface area is 96.5 Å². The Hall–Kier alpha value is -1.57. The number of para-hydroxylation sites is 1. The zero-order valence-electron chi connectivity index (χ0n) is 10.1. The monoisotopic (exact) mass is 214 g/mol. The number of hydrogen-bond donors (Lipinski definition) is 1. The average molecular weight is 214 g/mol. The molecule has 0 spiro atoms. The summed E-state index contributed by atoms with van der Waals surface area (Å²) in [5.41, 5.74) is 9.45. The van der Waals surface area contributed by atoms with Crippen molar-refractivity contribution in [2.24, 2.45) is 0 Å². The van der Waals surface area contributed by atoms with E-state index in [2.05, 4.69) is 50.0 Å². The van der Waals surface area contributed by atoms with Crippen molar-refractivity contribution in [1.29, 1.82) is 0 Å². The quantitative estimate of drug-likeness (QED) is 0.831. The molecule has 0 unspecified atom stereocenters. The van der Waals surface area contributed by atoms with Gasteiger partial charge < -0.3 is 5.73 Å². The maximum Gasteiger partial charge on any atom is 0.127 e. The van der Waals surface area contributed by atoms with Crippen molar-refractivity contribution in [2.45, 2.75) is 33.1 Å². The van der Waals surface area contributed by atoms with E-state index in [9.17, 15) is 0 Å². The first-order valence-electron chi connectivity index (χ1n) is 5.81. The normalized spacial score (nSPS) is 11.2. The van der Waals surface area contributed by atoms with Crippen molar-refractivity contribution in [1.82, 2.24) is 4.98 Å². The lowest BCUT2D eigenvalue weighted by atomic mass is 10.00. The molecule has 2 nitrogen and oxygen atoms in total. The lowest BCUT2D eigenvalue weighted by molar-refractivity contribution is 0.866. The van der Waals surface area contributed by atoms with Gasteiger partial charge in [0, 0.05) is 5.39 Å². The van der Waals surface area contributed by atoms with Crippen LogP contribution < -0.4 is 5.73 Å². The Morgan fingerprint density at radius 1 is 1.31 bits per heavy atom. The minimum Gasteiger partial charge on any atom is -0.383 e. The van der Waals surface area contributed by atoms with Crippen molar-refractivity contribution in [3.63, 3.8) is 0 Å². The molecule has 0 aliphatic carbocycles. The highest BCUT2D eigenvalue weighted by molar-refractivity contribution is 5.84. The number of nitrogen functional groups attached to an aromatic ring is 1. The van der Waals surface area contributed by atoms with Gasteiger partial charge in [-0.25, -0.2) is 4.98 Å². The van der Waals surface area contributed by atoms with Gasteiger partial charge in [-0.15, -0.1) is 0 Å². The van der Waals surface area contributed by atoms with Crippen LogP contribution in [0.4, 0.5) is 5.82 Å². The van der Waals surface area contributed by atoms with Crippen LogP contribution in [0.5, 0.6) is 0 Å². The van der Waals surface area contributed by atoms with E-state index in [4.69, 9.17) is 5.73 Å². The maximum absolute atomic E-state index is 6.00. The summed E-state index contributed by atoms with van der Waals surface area (Å²) in [6.45, 7) is 6.43. The summed E-state index contributed by atoms with van der Waals surface area (Å²) in [5.74, 6) is 1.09. The summed E-state index contributed by atoms with van der Waals surface area (Å²) in [5, 5.41) is 1.19. The Morgan fingerprint density at radius 3 is 2.69 bits per heavy atom. The van der Waals surface area contributed by atoms with E-state index in [1.165, 1.54) is 10.9 Å². The van der Waals surface area contributed by atoms with Crippen molar-refractivity contribution < 1.29 is 0 Å². The van der Waals surface area contributed by atoms with E-state index < -0.39 is 0 Å². The Bertz CT molecular complexity index is 515. The second-order valence-corrected chi connectivity index (χ2v) is 4.46. The smallest absolute Gasteiger partial charge is 0.127 e. The molecule has 2 rings (SSSR count). The Morgan fingerprint density at radius 2 is 2.06 bits per heavy atom. The third kappa shape index (κ3) is 1.75. The molecule has 0 bridgehead atoms. The van der Waals surface area contributed by atoms with Gasteiger partial charge in [-0.1, -0.05) is 39.0 Å². The fourth-order valence-electron chi connectivity index (χ4n) is 2.04. The molecule has 0 amide bonds. The van der Waals surface area contributed by atoms with Crippen LogP contribution in [0, 0.1) is 0 Å². The van der Waals surface area contributed by atoms with E-state index in [-0.39, 0.29) is 0 Å². The Balaban J connectivity index is 2.73. The van der Waals surface area contributed by atoms with Crippen molar-refractivity contribution in [3.8, 4) is 0 Å². The first kappa shape index (κ1) is 10.9. The SMILES string of the molecule is CCc1cccc2cc(C(C)C)c(N)nc12. The molecule has 2 aromatic rings. The van der Waals surface area contributed by atoms with Crippen LogP contribution in [-0.2, 0) is 6.42 Å². The summed E-state index contributed by atoms with van der Waals surface area (Å²) >= 11 is 0. The molecular weight excluding hydrogens is 196 g/mol. The standard InChI is InChI=1S/C14H18N2/c1-4-10-6-5-7-11-8-12(9(2)3)14(15)16-13(10)11/h5-9H,4H2,1-3H3,(H2,15,16). The number of aromatic nitrogens is 1. The van der Waals surface area contributed by atoms with Crippen LogP contribution >= 0.6 is 0 Å². The first-order chi connectivity index (χ1) is 7.63. The molecule has 0 saturated heterocycles. The van der Waals surface area contributed by atoms with Crippen LogP contribution in [0.15, 0.2) is 24.3 Å². The number of pyridine rings is 1. The average Bonchev–Trinajstić information content (AvgIpc) is 2.27. The number of nitrogens with zero attached hydrogens (tertiary/aromatic N) is 1. The predicted molar refractivity (Wildman–Crippen MR) is 69.6 cm³/mol. The van der Waals surface area contributed by atoms with E-state index >= 15 is 0 Å². The van der Waals surface area contributed by atoms with Gasteiger partial charge in [0.15, 0.2) is 0 Å². The van der Waals surface area contributed by atoms with Gasteiger partial charge in [0.1, 0.15) is 5.82 Å². The molecule has 1 aromatic carbocycles. The summed E-state index contributed by atoms with van der Waals surface area (Å²) in [7, 11) is 0. The van der Waals surface area contributed by atoms with Crippen LogP contribution in [0.25, 0.3) is 10.9 Å². The van der Waals surface area contributed by atoms with Crippen LogP contribution in [-0.4, -0.2) is 4.98 Å². The van der Waals surface area contributed by atoms with Crippen molar-refractivity contribution in [2.75, 3.05) is 5.73 Å². The second-order valence-electron chi connectivity index (χ2n) is 4.46. The fraction of sp³-hybridized carbons (Fsp3) is 0.357. The predicted octanol–water partition coefficient (Wildman–Crippen LogP) is 3.50. The third-order valence-electron chi connectivity index (χ3n) is 2.99. The van der Waals surface area contributed by atoms with Crippen molar-refractivity contribution in [3.05, 3.63) is 35.4 Å². The number of nitrogens with two attached hydrogens (primary N) is 1. The molecule has 0 aliphatic rings. The molecular formula is C14H18N2. The van der Waals surface area contributed by atoms with Gasteiger partial charge in [0.2, 0.25) is 0 Å². The van der Waals surface area contributed by atoms with Crippen LogP contribution in [0.2, 0.25) is 0 Å². The minimum absolute atomic E-state index is 0.419. The fourth-order valence-corrected chi connectivity index (χ4v) is 2.04. The van der Waals surface area contributed by atoms with E-state index in [1.807, 2.05) is 0 Å². The number of benzene rings is 1. The third-order valence-corrected chi connectivity index (χ3v) is 2.99. The van der Waals surface area contributed by atoms with Gasteiger partial charge in [-0.05, 0) is 29.5 Å². The molecule has 84 valence electrons. The van der Waals surface area contributed by atoms with E-state index in [1.54, 1.807) is 0 Å². The second kappa shape index (κ2) is 4.12. The number of anilines is 1. The topological polar surface area (TPSA) is 38.9 Å². The van der Waals surface area contributed by atoms with Crippen LogP contribution in [0.1, 0.15) is 37.8 Å². The molecule has 0 aliphatic heterocycles. The number of hydrogen-bond acceptors (Lipinski definition) is 2. The molecule has 16 heavy (non-hydrogen) atoms. The van der Waals surface area contributed by atoms with Gasteiger partial charge >= 0.3 is 0 Å². The minimum atomic E-state index is 0.419. The van der Waals surface area contributed by atoms with Gasteiger partial charge in [0.25, 0.3) is 0 Å². The molecule has 0 radical (unpaired) electrons. The summed E-state index contributed by atoms with van der Waals surface area (Å²) < 4.78 is 0. The maximum atomic E-state index is 6.00. The summed E-state index contributed by atoms with van der Waals surface area (Å²) in [4.78, 5) is 4.55. The molecule has 0 atom stereocenters. The Kier molecular flexibility index (Phi) is 2.82. The summed E-state index contributed by atoms with van der Waals surface area (Å²) in [6, 6.07) is 8.47. The van der Waals surface area contributed by atoms with Gasteiger partial charge in [-0.2, -0.15) is 0 Å². The highest BCUT2D eigenvalue weighted by atomic mass is 14.8. The highest BCUT2D eigenvalue weighted by Crippen LogP contribution is 2.26. The molecule has 0 fully saturated rings. The number of aryl methyl sites for hydroxylation is 1. The lowest BCUT2D eigenvalue weighted by Crippen LogP contribution is -2.01. The van der Waals surface area contributed by atoms with E-state index in [0.717, 1.165) is 17.5 Å². The lowest BCUT2D eigenvalue weighted by Gasteiger charge is -2.11. The largest absolute Gasteiger partial charge is 0.383 e. The molecule has 2 heteroatoms. The zero-order valence-corrected chi connectivity index (χ0v) is 10.1. The molecule has 1 aromatic heterocycles. The highest BCUT2D eigenvalue weighted by Gasteiger charge is 2.09. The summed E-state index contributed by atoms with van der Waals surface area (Å²) in [6.07, 6.45) is 0.991. The molecule has 1 heterocycles.